The molecule has 6 heteroatoms. The van der Waals surface area contributed by atoms with E-state index in [0.717, 1.165) is 42.4 Å². The van der Waals surface area contributed by atoms with Crippen LogP contribution in [-0.2, 0) is 27.1 Å². The molecule has 0 saturated carbocycles. The van der Waals surface area contributed by atoms with Crippen LogP contribution in [-0.4, -0.2) is 31.6 Å². The summed E-state index contributed by atoms with van der Waals surface area (Å²) in [4.78, 5) is 24.7. The highest BCUT2D eigenvalue weighted by Crippen LogP contribution is 2.31. The second kappa shape index (κ2) is 8.93. The normalized spacial score (nSPS) is 16.8. The number of thiophene rings is 1. The van der Waals surface area contributed by atoms with Gasteiger partial charge in [0.05, 0.1) is 13.2 Å². The minimum atomic E-state index is -0.306. The van der Waals surface area contributed by atoms with Crippen molar-refractivity contribution >= 4 is 34.1 Å². The average Bonchev–Trinajstić information content (AvgIpc) is 3.40. The van der Waals surface area contributed by atoms with Crippen LogP contribution >= 0.6 is 11.3 Å². The van der Waals surface area contributed by atoms with Crippen LogP contribution < -0.4 is 0 Å². The topological polar surface area (TPSA) is 65.7 Å². The third kappa shape index (κ3) is 4.43. The van der Waals surface area contributed by atoms with Crippen LogP contribution in [0.15, 0.2) is 39.4 Å². The van der Waals surface area contributed by atoms with Crippen molar-refractivity contribution < 1.29 is 23.5 Å². The summed E-state index contributed by atoms with van der Waals surface area (Å²) in [5.74, 6) is -0.146. The fourth-order valence-corrected chi connectivity index (χ4v) is 4.47. The van der Waals surface area contributed by atoms with E-state index in [4.69, 9.17) is 13.9 Å². The van der Waals surface area contributed by atoms with Gasteiger partial charge in [0, 0.05) is 34.9 Å². The number of furan rings is 1. The first-order chi connectivity index (χ1) is 14.2. The maximum Gasteiger partial charge on any atom is 0.305 e. The Bertz CT molecular complexity index is 996. The molecule has 0 spiro atoms. The molecule has 2 aromatic heterocycles. The molecule has 0 N–H and O–H groups in total. The number of fused-ring (bicyclic) bond motifs is 1. The number of ketones is 1. The van der Waals surface area contributed by atoms with Gasteiger partial charge in [0.25, 0.3) is 0 Å². The molecule has 1 atom stereocenters. The van der Waals surface area contributed by atoms with Gasteiger partial charge in [-0.15, -0.1) is 0 Å². The van der Waals surface area contributed by atoms with Crippen LogP contribution in [0.25, 0.3) is 11.0 Å². The molecule has 1 aliphatic heterocycles. The Hall–Kier alpha value is -2.44. The molecule has 4 rings (SSSR count). The maximum absolute atomic E-state index is 13.0. The molecule has 0 amide bonds. The molecular formula is C23H24O5S. The van der Waals surface area contributed by atoms with Crippen molar-refractivity contribution in [1.82, 2.24) is 0 Å². The van der Waals surface area contributed by atoms with Crippen molar-refractivity contribution in [2.45, 2.75) is 44.6 Å². The van der Waals surface area contributed by atoms with E-state index in [0.29, 0.717) is 23.3 Å². The van der Waals surface area contributed by atoms with Crippen molar-refractivity contribution in [2.24, 2.45) is 0 Å². The third-order valence-electron chi connectivity index (χ3n) is 5.39. The van der Waals surface area contributed by atoms with Gasteiger partial charge in [0.2, 0.25) is 5.78 Å². The molecular weight excluding hydrogens is 388 g/mol. The molecule has 1 saturated heterocycles. The van der Waals surface area contributed by atoms with Crippen LogP contribution in [0.5, 0.6) is 0 Å². The summed E-state index contributed by atoms with van der Waals surface area (Å²) in [6.07, 6.45) is 5.07. The monoisotopic (exact) mass is 412 g/mol. The van der Waals surface area contributed by atoms with Gasteiger partial charge >= 0.3 is 5.97 Å². The van der Waals surface area contributed by atoms with Gasteiger partial charge in [-0.25, -0.2) is 0 Å². The van der Waals surface area contributed by atoms with Crippen LogP contribution in [0.4, 0.5) is 0 Å². The Balaban J connectivity index is 1.67. The van der Waals surface area contributed by atoms with Crippen molar-refractivity contribution in [3.05, 3.63) is 57.5 Å². The minimum Gasteiger partial charge on any atom is -0.469 e. The molecule has 1 unspecified atom stereocenters. The summed E-state index contributed by atoms with van der Waals surface area (Å²) in [5, 5.41) is 4.55. The Morgan fingerprint density at radius 2 is 2.14 bits per heavy atom. The van der Waals surface area contributed by atoms with Crippen LogP contribution in [0.3, 0.4) is 0 Å². The minimum absolute atomic E-state index is 0.153. The largest absolute Gasteiger partial charge is 0.469 e. The molecule has 3 heterocycles. The van der Waals surface area contributed by atoms with Crippen LogP contribution in [0.2, 0.25) is 0 Å². The first kappa shape index (κ1) is 19.9. The highest BCUT2D eigenvalue weighted by molar-refractivity contribution is 7.08. The lowest BCUT2D eigenvalue weighted by Crippen LogP contribution is -2.21. The third-order valence-corrected chi connectivity index (χ3v) is 6.07. The maximum atomic E-state index is 13.0. The van der Waals surface area contributed by atoms with Gasteiger partial charge in [-0.3, -0.25) is 9.59 Å². The van der Waals surface area contributed by atoms with E-state index < -0.39 is 0 Å². The molecule has 152 valence electrons. The smallest absolute Gasteiger partial charge is 0.305 e. The lowest BCUT2D eigenvalue weighted by Gasteiger charge is -2.22. The standard InChI is InChI=1S/C23H24O5S/c1-26-21(24)8-7-19-18-6-5-15(12-17-4-2-3-10-27-17)13-20(18)28-23(19)22(25)16-9-11-29-14-16/h5-6,9,11,13-14,17H,2-4,7-8,10,12H2,1H3. The number of hydrogen-bond donors (Lipinski definition) is 0. The quantitative estimate of drug-likeness (QED) is 0.406. The van der Waals surface area contributed by atoms with Gasteiger partial charge in [-0.05, 0) is 55.2 Å². The van der Waals surface area contributed by atoms with Crippen molar-refractivity contribution in [3.63, 3.8) is 0 Å². The average molecular weight is 413 g/mol. The lowest BCUT2D eigenvalue weighted by atomic mass is 9.98. The fraction of sp³-hybridized carbons (Fsp3) is 0.391. The Labute approximate surface area is 173 Å². The zero-order chi connectivity index (χ0) is 20.2. The molecule has 1 aromatic carbocycles. The van der Waals surface area contributed by atoms with E-state index in [1.807, 2.05) is 22.9 Å². The molecule has 1 fully saturated rings. The zero-order valence-corrected chi connectivity index (χ0v) is 17.3. The molecule has 5 nitrogen and oxygen atoms in total. The summed E-state index contributed by atoms with van der Waals surface area (Å²) in [5.41, 5.74) is 3.18. The lowest BCUT2D eigenvalue weighted by molar-refractivity contribution is -0.140. The van der Waals surface area contributed by atoms with E-state index in [2.05, 4.69) is 6.07 Å². The highest BCUT2D eigenvalue weighted by Gasteiger charge is 2.23. The Morgan fingerprint density at radius 3 is 2.86 bits per heavy atom. The van der Waals surface area contributed by atoms with Crippen molar-refractivity contribution in [1.29, 1.82) is 0 Å². The van der Waals surface area contributed by atoms with E-state index in [-0.39, 0.29) is 24.3 Å². The van der Waals surface area contributed by atoms with Crippen molar-refractivity contribution in [2.75, 3.05) is 13.7 Å². The molecule has 3 aromatic rings. The number of rotatable bonds is 7. The Kier molecular flexibility index (Phi) is 6.11. The van der Waals surface area contributed by atoms with Gasteiger partial charge in [0.1, 0.15) is 5.58 Å². The second-order valence-corrected chi connectivity index (χ2v) is 8.13. The summed E-state index contributed by atoms with van der Waals surface area (Å²) < 4.78 is 16.7. The van der Waals surface area contributed by atoms with Gasteiger partial charge in [-0.1, -0.05) is 12.1 Å². The number of aryl methyl sites for hydroxylation is 1. The molecule has 0 aliphatic carbocycles. The Morgan fingerprint density at radius 1 is 1.24 bits per heavy atom. The second-order valence-electron chi connectivity index (χ2n) is 7.35. The molecule has 29 heavy (non-hydrogen) atoms. The van der Waals surface area contributed by atoms with Gasteiger partial charge < -0.3 is 13.9 Å². The first-order valence-electron chi connectivity index (χ1n) is 9.95. The van der Waals surface area contributed by atoms with Crippen LogP contribution in [0.1, 0.15) is 52.9 Å². The highest BCUT2D eigenvalue weighted by atomic mass is 32.1. The number of hydrogen-bond acceptors (Lipinski definition) is 6. The number of carbonyl (C=O) groups excluding carboxylic acids is 2. The molecule has 0 radical (unpaired) electrons. The predicted molar refractivity (Wildman–Crippen MR) is 112 cm³/mol. The van der Waals surface area contributed by atoms with Crippen LogP contribution in [0, 0.1) is 0 Å². The number of benzene rings is 1. The van der Waals surface area contributed by atoms with Gasteiger partial charge in [0.15, 0.2) is 5.76 Å². The zero-order valence-electron chi connectivity index (χ0n) is 16.4. The first-order valence-corrected chi connectivity index (χ1v) is 10.9. The summed E-state index contributed by atoms with van der Waals surface area (Å²) in [6.45, 7) is 0.824. The number of esters is 1. The van der Waals surface area contributed by atoms with E-state index in [1.165, 1.54) is 24.9 Å². The summed E-state index contributed by atoms with van der Waals surface area (Å²) in [6, 6.07) is 7.85. The number of methoxy groups -OCH3 is 1. The predicted octanol–water partition coefficient (Wildman–Crippen LogP) is 4.94. The molecule has 1 aliphatic rings. The number of ether oxygens (including phenoxy) is 2. The van der Waals surface area contributed by atoms with Gasteiger partial charge in [-0.2, -0.15) is 11.3 Å². The summed E-state index contributed by atoms with van der Waals surface area (Å²) >= 11 is 1.47. The molecule has 0 bridgehead atoms. The summed E-state index contributed by atoms with van der Waals surface area (Å²) in [7, 11) is 1.37. The number of carbonyl (C=O) groups is 2. The van der Waals surface area contributed by atoms with E-state index in [9.17, 15) is 9.59 Å². The van der Waals surface area contributed by atoms with E-state index >= 15 is 0 Å². The van der Waals surface area contributed by atoms with Crippen molar-refractivity contribution in [3.8, 4) is 0 Å². The SMILES string of the molecule is COC(=O)CCc1c(C(=O)c2ccsc2)oc2cc(CC3CCCCO3)ccc12. The van der Waals surface area contributed by atoms with E-state index in [1.54, 1.807) is 6.07 Å². The fourth-order valence-electron chi connectivity index (χ4n) is 3.84.